The molecule has 3 N–H and O–H groups in total. The molecule has 1 heterocycles. The third-order valence-electron chi connectivity index (χ3n) is 3.30. The molecule has 1 aliphatic heterocycles. The van der Waals surface area contributed by atoms with Crippen molar-refractivity contribution in [2.24, 2.45) is 0 Å². The highest BCUT2D eigenvalue weighted by Gasteiger charge is 2.15. The summed E-state index contributed by atoms with van der Waals surface area (Å²) in [4.78, 5) is 15.1. The fourth-order valence-electron chi connectivity index (χ4n) is 2.07. The fraction of sp³-hybridized carbons (Fsp3) is 0.500. The van der Waals surface area contributed by atoms with Crippen molar-refractivity contribution in [3.63, 3.8) is 0 Å². The first kappa shape index (κ1) is 14.2. The van der Waals surface area contributed by atoms with Crippen LogP contribution in [0.2, 0.25) is 0 Å². The first-order valence-corrected chi connectivity index (χ1v) is 7.63. The Kier molecular flexibility index (Phi) is 5.10. The van der Waals surface area contributed by atoms with E-state index in [-0.39, 0.29) is 5.91 Å². The van der Waals surface area contributed by atoms with Crippen molar-refractivity contribution in [2.45, 2.75) is 18.2 Å². The van der Waals surface area contributed by atoms with E-state index < -0.39 is 0 Å². The largest absolute Gasteiger partial charge is 0.399 e. The number of hydrogen-bond donors (Lipinski definition) is 2. The average molecular weight is 279 g/mol. The molecule has 1 fully saturated rings. The van der Waals surface area contributed by atoms with E-state index in [1.807, 2.05) is 24.0 Å². The quantitative estimate of drug-likeness (QED) is 0.647. The molecule has 0 aliphatic carbocycles. The third kappa shape index (κ3) is 4.14. The van der Waals surface area contributed by atoms with E-state index in [1.165, 1.54) is 4.90 Å². The topological polar surface area (TPSA) is 58.4 Å². The van der Waals surface area contributed by atoms with Crippen LogP contribution in [0.1, 0.15) is 12.0 Å². The van der Waals surface area contributed by atoms with E-state index in [1.54, 1.807) is 11.8 Å². The molecule has 0 unspecified atom stereocenters. The summed E-state index contributed by atoms with van der Waals surface area (Å²) >= 11 is 1.72. The van der Waals surface area contributed by atoms with Crippen LogP contribution in [0.15, 0.2) is 23.1 Å². The molecule has 1 amide bonds. The van der Waals surface area contributed by atoms with Gasteiger partial charge in [0.25, 0.3) is 0 Å². The van der Waals surface area contributed by atoms with Crippen molar-refractivity contribution in [3.8, 4) is 0 Å². The van der Waals surface area contributed by atoms with E-state index in [4.69, 9.17) is 5.73 Å². The molecular weight excluding hydrogens is 258 g/mol. The average Bonchev–Trinajstić information content (AvgIpc) is 2.43. The summed E-state index contributed by atoms with van der Waals surface area (Å²) in [6, 6.07) is 6.02. The molecule has 1 aromatic carbocycles. The van der Waals surface area contributed by atoms with Crippen LogP contribution in [0.5, 0.6) is 0 Å². The van der Waals surface area contributed by atoms with Gasteiger partial charge in [-0.05, 0) is 30.7 Å². The lowest BCUT2D eigenvalue weighted by Crippen LogP contribution is -2.46. The molecule has 19 heavy (non-hydrogen) atoms. The van der Waals surface area contributed by atoms with E-state index in [0.29, 0.717) is 6.42 Å². The van der Waals surface area contributed by atoms with Gasteiger partial charge in [0.05, 0.1) is 0 Å². The predicted molar refractivity (Wildman–Crippen MR) is 80.4 cm³/mol. The predicted octanol–water partition coefficient (Wildman–Crippen LogP) is 1.49. The van der Waals surface area contributed by atoms with Crippen LogP contribution in [0, 0.1) is 6.92 Å². The molecular formula is C14H21N3OS. The minimum atomic E-state index is 0.265. The molecule has 0 aromatic heterocycles. The number of piperazine rings is 1. The lowest BCUT2D eigenvalue weighted by Gasteiger charge is -2.27. The molecule has 1 aromatic rings. The number of nitrogens with zero attached hydrogens (tertiary/aromatic N) is 1. The summed E-state index contributed by atoms with van der Waals surface area (Å²) in [6.07, 6.45) is 0.605. The lowest BCUT2D eigenvalue weighted by molar-refractivity contribution is -0.131. The molecule has 5 heteroatoms. The van der Waals surface area contributed by atoms with Gasteiger partial charge in [-0.1, -0.05) is 0 Å². The summed E-state index contributed by atoms with van der Waals surface area (Å²) in [5.41, 5.74) is 7.70. The highest BCUT2D eigenvalue weighted by molar-refractivity contribution is 7.99. The van der Waals surface area contributed by atoms with Gasteiger partial charge in [0, 0.05) is 48.9 Å². The molecule has 2 rings (SSSR count). The van der Waals surface area contributed by atoms with Crippen LogP contribution in [-0.4, -0.2) is 42.7 Å². The van der Waals surface area contributed by atoms with Crippen LogP contribution < -0.4 is 11.1 Å². The van der Waals surface area contributed by atoms with Crippen LogP contribution in [0.4, 0.5) is 5.69 Å². The first-order valence-electron chi connectivity index (χ1n) is 6.64. The number of thioether (sulfide) groups is 1. The maximum absolute atomic E-state index is 12.0. The number of hydrogen-bond acceptors (Lipinski definition) is 4. The Hall–Kier alpha value is -1.20. The molecule has 1 aliphatic rings. The number of carbonyl (C=O) groups excluding carboxylic acids is 1. The molecule has 104 valence electrons. The number of benzene rings is 1. The van der Waals surface area contributed by atoms with Gasteiger partial charge in [-0.2, -0.15) is 0 Å². The smallest absolute Gasteiger partial charge is 0.223 e. The van der Waals surface area contributed by atoms with Gasteiger partial charge >= 0.3 is 0 Å². The van der Waals surface area contributed by atoms with Gasteiger partial charge < -0.3 is 16.0 Å². The molecule has 0 radical (unpaired) electrons. The zero-order valence-corrected chi connectivity index (χ0v) is 12.1. The number of nitrogens with two attached hydrogens (primary N) is 1. The molecule has 0 bridgehead atoms. The lowest BCUT2D eigenvalue weighted by atomic mass is 10.2. The van der Waals surface area contributed by atoms with Crippen LogP contribution in [0.25, 0.3) is 0 Å². The Balaban J connectivity index is 1.76. The van der Waals surface area contributed by atoms with E-state index >= 15 is 0 Å². The highest BCUT2D eigenvalue weighted by atomic mass is 32.2. The van der Waals surface area contributed by atoms with Crippen molar-refractivity contribution in [1.82, 2.24) is 10.2 Å². The summed E-state index contributed by atoms with van der Waals surface area (Å²) in [7, 11) is 0. The molecule has 4 nitrogen and oxygen atoms in total. The minimum absolute atomic E-state index is 0.265. The molecule has 0 spiro atoms. The normalized spacial score (nSPS) is 15.5. The van der Waals surface area contributed by atoms with Gasteiger partial charge in [-0.15, -0.1) is 11.8 Å². The summed E-state index contributed by atoms with van der Waals surface area (Å²) in [6.45, 7) is 5.51. The summed E-state index contributed by atoms with van der Waals surface area (Å²) < 4.78 is 0. The maximum atomic E-state index is 12.0. The second kappa shape index (κ2) is 6.82. The van der Waals surface area contributed by atoms with Crippen LogP contribution in [0.3, 0.4) is 0 Å². The van der Waals surface area contributed by atoms with Gasteiger partial charge in [0.15, 0.2) is 0 Å². The van der Waals surface area contributed by atoms with Crippen LogP contribution >= 0.6 is 11.8 Å². The number of nitrogens with one attached hydrogen (secondary N) is 1. The Morgan fingerprint density at radius 1 is 1.42 bits per heavy atom. The van der Waals surface area contributed by atoms with Crippen molar-refractivity contribution in [3.05, 3.63) is 23.8 Å². The van der Waals surface area contributed by atoms with Gasteiger partial charge in [-0.25, -0.2) is 0 Å². The third-order valence-corrected chi connectivity index (χ3v) is 4.29. The molecule has 1 saturated heterocycles. The second-order valence-corrected chi connectivity index (χ2v) is 5.92. The Bertz CT molecular complexity index is 444. The first-order chi connectivity index (χ1) is 9.16. The Morgan fingerprint density at radius 3 is 2.84 bits per heavy atom. The Labute approximate surface area is 118 Å². The van der Waals surface area contributed by atoms with E-state index in [0.717, 1.165) is 43.2 Å². The number of anilines is 1. The summed E-state index contributed by atoms with van der Waals surface area (Å²) in [5, 5.41) is 3.25. The number of rotatable bonds is 4. The number of nitrogen functional groups attached to an aromatic ring is 1. The van der Waals surface area contributed by atoms with Gasteiger partial charge in [-0.3, -0.25) is 4.79 Å². The van der Waals surface area contributed by atoms with Gasteiger partial charge in [0.1, 0.15) is 0 Å². The standard InChI is InChI=1S/C14H21N3OS/c1-11-10-12(2-3-13(11)15)19-9-4-14(18)17-7-5-16-6-8-17/h2-3,10,16H,4-9,15H2,1H3. The second-order valence-electron chi connectivity index (χ2n) is 4.75. The SMILES string of the molecule is Cc1cc(SCCC(=O)N2CCNCC2)ccc1N. The fourth-order valence-corrected chi connectivity index (χ4v) is 3.00. The van der Waals surface area contributed by atoms with Gasteiger partial charge in [0.2, 0.25) is 5.91 Å². The number of carbonyl (C=O) groups is 1. The zero-order valence-electron chi connectivity index (χ0n) is 11.3. The highest BCUT2D eigenvalue weighted by Crippen LogP contribution is 2.23. The zero-order chi connectivity index (χ0) is 13.7. The monoisotopic (exact) mass is 279 g/mol. The molecule has 0 atom stereocenters. The Morgan fingerprint density at radius 2 is 2.16 bits per heavy atom. The minimum Gasteiger partial charge on any atom is -0.399 e. The van der Waals surface area contributed by atoms with Crippen molar-refractivity contribution in [1.29, 1.82) is 0 Å². The van der Waals surface area contributed by atoms with Crippen molar-refractivity contribution >= 4 is 23.4 Å². The molecule has 0 saturated carbocycles. The van der Waals surface area contributed by atoms with Crippen molar-refractivity contribution < 1.29 is 4.79 Å². The number of aryl methyl sites for hydroxylation is 1. The van der Waals surface area contributed by atoms with Crippen molar-refractivity contribution in [2.75, 3.05) is 37.7 Å². The summed E-state index contributed by atoms with van der Waals surface area (Å²) in [5.74, 6) is 1.09. The number of amides is 1. The maximum Gasteiger partial charge on any atom is 0.223 e. The van der Waals surface area contributed by atoms with E-state index in [2.05, 4.69) is 11.4 Å². The van der Waals surface area contributed by atoms with E-state index in [9.17, 15) is 4.79 Å². The van der Waals surface area contributed by atoms with Crippen LogP contribution in [-0.2, 0) is 4.79 Å².